The summed E-state index contributed by atoms with van der Waals surface area (Å²) in [7, 11) is 0. The summed E-state index contributed by atoms with van der Waals surface area (Å²) >= 11 is 0. The zero-order chi connectivity index (χ0) is 13.7. The first-order valence-corrected chi connectivity index (χ1v) is 6.18. The van der Waals surface area contributed by atoms with Crippen LogP contribution in [-0.2, 0) is 9.53 Å². The average Bonchev–Trinajstić information content (AvgIpc) is 2.48. The van der Waals surface area contributed by atoms with Crippen molar-refractivity contribution in [2.45, 2.75) is 12.8 Å². The summed E-state index contributed by atoms with van der Waals surface area (Å²) in [5.41, 5.74) is 6.60. The van der Waals surface area contributed by atoms with Crippen LogP contribution in [0, 0.1) is 5.92 Å². The van der Waals surface area contributed by atoms with E-state index in [0.29, 0.717) is 24.5 Å². The largest absolute Gasteiger partial charge is 0.409 e. The number of amidine groups is 1. The van der Waals surface area contributed by atoms with Crippen LogP contribution < -0.4 is 11.1 Å². The first-order chi connectivity index (χ1) is 9.22. The third-order valence-corrected chi connectivity index (χ3v) is 3.10. The summed E-state index contributed by atoms with van der Waals surface area (Å²) in [6, 6.07) is 6.94. The molecule has 0 radical (unpaired) electrons. The Kier molecular flexibility index (Phi) is 4.35. The number of nitrogens with two attached hydrogens (primary N) is 1. The average molecular weight is 263 g/mol. The lowest BCUT2D eigenvalue weighted by Crippen LogP contribution is -2.31. The molecule has 1 aromatic rings. The Balaban J connectivity index is 2.12. The van der Waals surface area contributed by atoms with Crippen molar-refractivity contribution >= 4 is 17.4 Å². The van der Waals surface area contributed by atoms with Gasteiger partial charge in [0.2, 0.25) is 5.91 Å². The fourth-order valence-electron chi connectivity index (χ4n) is 2.05. The number of amides is 1. The molecule has 1 aromatic carbocycles. The van der Waals surface area contributed by atoms with E-state index in [0.717, 1.165) is 12.8 Å². The summed E-state index contributed by atoms with van der Waals surface area (Å²) in [6.45, 7) is 1.15. The lowest BCUT2D eigenvalue weighted by atomic mass is 10.0. The van der Waals surface area contributed by atoms with Crippen molar-refractivity contribution in [3.05, 3.63) is 29.8 Å². The first-order valence-electron chi connectivity index (χ1n) is 6.18. The summed E-state index contributed by atoms with van der Waals surface area (Å²) in [5, 5.41) is 14.5. The molecule has 0 saturated carbocycles. The highest BCUT2D eigenvalue weighted by Gasteiger charge is 2.22. The molecule has 1 saturated heterocycles. The third-order valence-electron chi connectivity index (χ3n) is 3.10. The highest BCUT2D eigenvalue weighted by Crippen LogP contribution is 2.19. The van der Waals surface area contributed by atoms with Gasteiger partial charge in [-0.15, -0.1) is 0 Å². The highest BCUT2D eigenvalue weighted by atomic mass is 16.5. The molecule has 1 aliphatic rings. The molecule has 6 nitrogen and oxygen atoms in total. The molecule has 102 valence electrons. The molecule has 1 amide bonds. The number of carbonyl (C=O) groups excluding carboxylic acids is 1. The molecule has 0 aromatic heterocycles. The van der Waals surface area contributed by atoms with Gasteiger partial charge in [-0.3, -0.25) is 4.79 Å². The maximum Gasteiger partial charge on any atom is 0.229 e. The van der Waals surface area contributed by atoms with Crippen LogP contribution in [0.2, 0.25) is 0 Å². The monoisotopic (exact) mass is 263 g/mol. The lowest BCUT2D eigenvalue weighted by molar-refractivity contribution is -0.123. The van der Waals surface area contributed by atoms with Crippen LogP contribution in [0.3, 0.4) is 0 Å². The number of anilines is 1. The van der Waals surface area contributed by atoms with E-state index in [1.165, 1.54) is 0 Å². The summed E-state index contributed by atoms with van der Waals surface area (Å²) in [4.78, 5) is 12.1. The predicted molar refractivity (Wildman–Crippen MR) is 71.1 cm³/mol. The topological polar surface area (TPSA) is 96.9 Å². The van der Waals surface area contributed by atoms with Crippen LogP contribution in [0.5, 0.6) is 0 Å². The molecule has 4 N–H and O–H groups in total. The zero-order valence-electron chi connectivity index (χ0n) is 10.5. The minimum atomic E-state index is -0.144. The van der Waals surface area contributed by atoms with Crippen molar-refractivity contribution < 1.29 is 14.7 Å². The molecule has 0 spiro atoms. The molecule has 1 heterocycles. The molecule has 19 heavy (non-hydrogen) atoms. The second-order valence-corrected chi connectivity index (χ2v) is 4.43. The number of nitrogens with one attached hydrogen (secondary N) is 1. The first kappa shape index (κ1) is 13.4. The number of rotatable bonds is 3. The predicted octanol–water partition coefficient (Wildman–Crippen LogP) is 1.15. The van der Waals surface area contributed by atoms with E-state index in [-0.39, 0.29) is 17.7 Å². The Bertz CT molecular complexity index is 482. The standard InChI is InChI=1S/C13H17N3O3/c14-12(16-18)10-5-1-2-6-11(10)15-13(17)9-4-3-7-19-8-9/h1-2,5-6,9,18H,3-4,7-8H2,(H2,14,16)(H,15,17). The molecular weight excluding hydrogens is 246 g/mol. The number of carbonyl (C=O) groups is 1. The van der Waals surface area contributed by atoms with Crippen LogP contribution in [0.15, 0.2) is 29.4 Å². The molecular formula is C13H17N3O3. The van der Waals surface area contributed by atoms with E-state index in [4.69, 9.17) is 15.7 Å². The van der Waals surface area contributed by atoms with E-state index in [2.05, 4.69) is 10.5 Å². The Morgan fingerprint density at radius 2 is 2.26 bits per heavy atom. The van der Waals surface area contributed by atoms with Crippen LogP contribution in [0.4, 0.5) is 5.69 Å². The van der Waals surface area contributed by atoms with E-state index >= 15 is 0 Å². The van der Waals surface area contributed by atoms with Gasteiger partial charge in [-0.05, 0) is 25.0 Å². The number of para-hydroxylation sites is 1. The smallest absolute Gasteiger partial charge is 0.229 e. The van der Waals surface area contributed by atoms with Gasteiger partial charge in [-0.2, -0.15) is 0 Å². The van der Waals surface area contributed by atoms with Crippen LogP contribution in [-0.4, -0.2) is 30.2 Å². The quantitative estimate of drug-likeness (QED) is 0.330. The minimum absolute atomic E-state index is 0.0317. The summed E-state index contributed by atoms with van der Waals surface area (Å²) in [5.74, 6) is -0.275. The maximum atomic E-state index is 12.1. The van der Waals surface area contributed by atoms with Gasteiger partial charge in [-0.1, -0.05) is 17.3 Å². The van der Waals surface area contributed by atoms with Gasteiger partial charge in [0.15, 0.2) is 5.84 Å². The van der Waals surface area contributed by atoms with Gasteiger partial charge in [0.25, 0.3) is 0 Å². The van der Waals surface area contributed by atoms with Crippen LogP contribution >= 0.6 is 0 Å². The van der Waals surface area contributed by atoms with Gasteiger partial charge >= 0.3 is 0 Å². The van der Waals surface area contributed by atoms with Crippen LogP contribution in [0.25, 0.3) is 0 Å². The lowest BCUT2D eigenvalue weighted by Gasteiger charge is -2.21. The molecule has 1 atom stereocenters. The molecule has 1 fully saturated rings. The maximum absolute atomic E-state index is 12.1. The molecule has 1 unspecified atom stereocenters. The summed E-state index contributed by atoms with van der Waals surface area (Å²) < 4.78 is 5.29. The van der Waals surface area contributed by atoms with E-state index < -0.39 is 0 Å². The van der Waals surface area contributed by atoms with Crippen molar-refractivity contribution in [1.29, 1.82) is 0 Å². The number of hydrogen-bond acceptors (Lipinski definition) is 4. The Morgan fingerprint density at radius 3 is 2.95 bits per heavy atom. The third kappa shape index (κ3) is 3.23. The Hall–Kier alpha value is -2.08. The normalized spacial score (nSPS) is 20.0. The second-order valence-electron chi connectivity index (χ2n) is 4.43. The van der Waals surface area contributed by atoms with Gasteiger partial charge in [0.1, 0.15) is 0 Å². The fourth-order valence-corrected chi connectivity index (χ4v) is 2.05. The van der Waals surface area contributed by atoms with Crippen molar-refractivity contribution in [2.24, 2.45) is 16.8 Å². The molecule has 6 heteroatoms. The van der Waals surface area contributed by atoms with Crippen molar-refractivity contribution in [3.63, 3.8) is 0 Å². The zero-order valence-corrected chi connectivity index (χ0v) is 10.5. The molecule has 1 aliphatic heterocycles. The number of benzene rings is 1. The SMILES string of the molecule is NC(=NO)c1ccccc1NC(=O)C1CCCOC1. The summed E-state index contributed by atoms with van der Waals surface area (Å²) in [6.07, 6.45) is 1.71. The molecule has 0 bridgehead atoms. The van der Waals surface area contributed by atoms with Gasteiger partial charge in [-0.25, -0.2) is 0 Å². The van der Waals surface area contributed by atoms with Gasteiger partial charge < -0.3 is 21.0 Å². The highest BCUT2D eigenvalue weighted by molar-refractivity contribution is 6.05. The van der Waals surface area contributed by atoms with E-state index in [1.807, 2.05) is 0 Å². The molecule has 2 rings (SSSR count). The van der Waals surface area contributed by atoms with Crippen molar-refractivity contribution in [2.75, 3.05) is 18.5 Å². The fraction of sp³-hybridized carbons (Fsp3) is 0.385. The second kappa shape index (κ2) is 6.19. The van der Waals surface area contributed by atoms with Crippen molar-refractivity contribution in [1.82, 2.24) is 0 Å². The van der Waals surface area contributed by atoms with Gasteiger partial charge in [0, 0.05) is 12.2 Å². The Morgan fingerprint density at radius 1 is 1.47 bits per heavy atom. The Labute approximate surface area is 111 Å². The van der Waals surface area contributed by atoms with E-state index in [9.17, 15) is 4.79 Å². The number of hydrogen-bond donors (Lipinski definition) is 3. The minimum Gasteiger partial charge on any atom is -0.409 e. The number of ether oxygens (including phenoxy) is 1. The number of oxime groups is 1. The van der Waals surface area contributed by atoms with Crippen molar-refractivity contribution in [3.8, 4) is 0 Å². The van der Waals surface area contributed by atoms with Crippen LogP contribution in [0.1, 0.15) is 18.4 Å². The van der Waals surface area contributed by atoms with E-state index in [1.54, 1.807) is 24.3 Å². The number of nitrogens with zero attached hydrogens (tertiary/aromatic N) is 1. The molecule has 0 aliphatic carbocycles. The van der Waals surface area contributed by atoms with Gasteiger partial charge in [0.05, 0.1) is 18.2 Å².